The Morgan fingerprint density at radius 1 is 1.11 bits per heavy atom. The van der Waals surface area contributed by atoms with Crippen molar-refractivity contribution in [1.29, 1.82) is 0 Å². The smallest absolute Gasteiger partial charge is 0.261 e. The first kappa shape index (κ1) is 25.4. The summed E-state index contributed by atoms with van der Waals surface area (Å²) in [5, 5.41) is 2.70. The lowest BCUT2D eigenvalue weighted by atomic mass is 10.1. The van der Waals surface area contributed by atoms with E-state index in [4.69, 9.17) is 4.98 Å². The molecule has 3 heterocycles. The first-order valence-corrected chi connectivity index (χ1v) is 13.8. The average Bonchev–Trinajstić information content (AvgIpc) is 3.57. The van der Waals surface area contributed by atoms with E-state index in [9.17, 15) is 13.2 Å². The van der Waals surface area contributed by atoms with Crippen LogP contribution in [0.3, 0.4) is 0 Å². The standard InChI is InChI=1S/C27H29N7O3S/c1-17(2)38(36,37)33-23(19-7-5-4-6-8-19)15-30-21-9-10-29-27(35)24(21)26-31-22-14-20(34-12-11-28-16-34)13-18(3)25(22)32-26/h4-14,16-17,23,33H,15H2,1-3H3,(H,31,32)(H2,29,30,35). The number of fused-ring (bicyclic) bond motifs is 1. The van der Waals surface area contributed by atoms with Gasteiger partial charge < -0.3 is 19.9 Å². The molecule has 1 unspecified atom stereocenters. The summed E-state index contributed by atoms with van der Waals surface area (Å²) < 4.78 is 30.1. The summed E-state index contributed by atoms with van der Waals surface area (Å²) in [6.45, 7) is 5.45. The van der Waals surface area contributed by atoms with Crippen LogP contribution in [0.1, 0.15) is 31.0 Å². The van der Waals surface area contributed by atoms with Crippen LogP contribution in [0.15, 0.2) is 78.2 Å². The Balaban J connectivity index is 1.50. The molecule has 5 aromatic rings. The number of nitrogens with one attached hydrogen (secondary N) is 4. The summed E-state index contributed by atoms with van der Waals surface area (Å²) in [7, 11) is -3.55. The first-order valence-electron chi connectivity index (χ1n) is 12.2. The van der Waals surface area contributed by atoms with E-state index in [1.165, 1.54) is 0 Å². The summed E-state index contributed by atoms with van der Waals surface area (Å²) >= 11 is 0. The number of aryl methyl sites for hydroxylation is 1. The minimum absolute atomic E-state index is 0.219. The predicted molar refractivity (Wildman–Crippen MR) is 149 cm³/mol. The third-order valence-electron chi connectivity index (χ3n) is 6.39. The van der Waals surface area contributed by atoms with E-state index in [1.807, 2.05) is 60.2 Å². The van der Waals surface area contributed by atoms with Gasteiger partial charge in [-0.25, -0.2) is 23.1 Å². The van der Waals surface area contributed by atoms with Gasteiger partial charge in [0.05, 0.1) is 34.3 Å². The zero-order valence-corrected chi connectivity index (χ0v) is 22.1. The maximum Gasteiger partial charge on any atom is 0.261 e. The maximum atomic E-state index is 13.0. The van der Waals surface area contributed by atoms with Crippen LogP contribution in [0, 0.1) is 6.92 Å². The number of H-pyrrole nitrogens is 2. The van der Waals surface area contributed by atoms with Crippen LogP contribution in [0.5, 0.6) is 0 Å². The molecule has 0 bridgehead atoms. The second kappa shape index (κ2) is 10.3. The third-order valence-corrected chi connectivity index (χ3v) is 8.24. The Kier molecular flexibility index (Phi) is 6.87. The van der Waals surface area contributed by atoms with Crippen molar-refractivity contribution in [2.75, 3.05) is 11.9 Å². The second-order valence-electron chi connectivity index (χ2n) is 9.37. The number of rotatable bonds is 9. The maximum absolute atomic E-state index is 13.0. The van der Waals surface area contributed by atoms with Gasteiger partial charge in [-0.3, -0.25) is 4.79 Å². The zero-order valence-electron chi connectivity index (χ0n) is 21.3. The lowest BCUT2D eigenvalue weighted by Crippen LogP contribution is -2.37. The Bertz CT molecular complexity index is 1720. The summed E-state index contributed by atoms with van der Waals surface area (Å²) in [5.74, 6) is 0.411. The average molecular weight is 532 g/mol. The number of hydrogen-bond donors (Lipinski definition) is 4. The van der Waals surface area contributed by atoms with Gasteiger partial charge in [-0.2, -0.15) is 0 Å². The van der Waals surface area contributed by atoms with Crippen molar-refractivity contribution >= 4 is 26.7 Å². The summed E-state index contributed by atoms with van der Waals surface area (Å²) in [5.41, 5.74) is 4.77. The van der Waals surface area contributed by atoms with E-state index in [0.717, 1.165) is 27.8 Å². The SMILES string of the molecule is Cc1cc(-n2ccnc2)cc2[nH]c(-c3c(NCC(NS(=O)(=O)C(C)C)c4ccccc4)cc[nH]c3=O)nc12. The number of anilines is 1. The topological polar surface area (TPSA) is 138 Å². The Morgan fingerprint density at radius 3 is 2.61 bits per heavy atom. The lowest BCUT2D eigenvalue weighted by Gasteiger charge is -2.22. The molecule has 5 rings (SSSR count). The normalized spacial score (nSPS) is 12.7. The molecule has 2 aromatic carbocycles. The van der Waals surface area contributed by atoms with Gasteiger partial charge in [-0.15, -0.1) is 0 Å². The molecule has 0 aliphatic heterocycles. The molecule has 0 fully saturated rings. The van der Waals surface area contributed by atoms with E-state index >= 15 is 0 Å². The fourth-order valence-corrected chi connectivity index (χ4v) is 5.16. The number of hydrogen-bond acceptors (Lipinski definition) is 6. The molecule has 4 N–H and O–H groups in total. The van der Waals surface area contributed by atoms with Crippen molar-refractivity contribution in [3.8, 4) is 17.1 Å². The van der Waals surface area contributed by atoms with Crippen LogP contribution < -0.4 is 15.6 Å². The summed E-state index contributed by atoms with van der Waals surface area (Å²) in [4.78, 5) is 27.9. The highest BCUT2D eigenvalue weighted by atomic mass is 32.2. The van der Waals surface area contributed by atoms with Gasteiger partial charge in [0.15, 0.2) is 0 Å². The number of sulfonamides is 1. The minimum Gasteiger partial charge on any atom is -0.382 e. The van der Waals surface area contributed by atoms with Gasteiger partial charge in [-0.1, -0.05) is 30.3 Å². The van der Waals surface area contributed by atoms with Gasteiger partial charge in [0.1, 0.15) is 11.4 Å². The summed E-state index contributed by atoms with van der Waals surface area (Å²) in [6.07, 6.45) is 6.84. The molecule has 0 aliphatic carbocycles. The number of pyridine rings is 1. The number of aromatic amines is 2. The number of nitrogens with zero attached hydrogens (tertiary/aromatic N) is 3. The molecule has 0 saturated carbocycles. The van der Waals surface area contributed by atoms with Crippen LogP contribution in [0.25, 0.3) is 28.1 Å². The van der Waals surface area contributed by atoms with E-state index in [2.05, 4.69) is 25.0 Å². The largest absolute Gasteiger partial charge is 0.382 e. The molecule has 0 radical (unpaired) electrons. The Labute approximate surface area is 220 Å². The van der Waals surface area contributed by atoms with Gasteiger partial charge >= 0.3 is 0 Å². The van der Waals surface area contributed by atoms with Gasteiger partial charge in [0, 0.05) is 30.8 Å². The number of imidazole rings is 2. The van der Waals surface area contributed by atoms with Crippen LogP contribution >= 0.6 is 0 Å². The number of aromatic nitrogens is 5. The van der Waals surface area contributed by atoms with E-state index in [0.29, 0.717) is 17.1 Å². The lowest BCUT2D eigenvalue weighted by molar-refractivity contribution is 0.553. The van der Waals surface area contributed by atoms with E-state index in [-0.39, 0.29) is 12.1 Å². The van der Waals surface area contributed by atoms with Crippen LogP contribution in [0.4, 0.5) is 5.69 Å². The van der Waals surface area contributed by atoms with Crippen molar-refractivity contribution < 1.29 is 8.42 Å². The second-order valence-corrected chi connectivity index (χ2v) is 11.6. The molecule has 0 aliphatic rings. The fourth-order valence-electron chi connectivity index (χ4n) is 4.27. The van der Waals surface area contributed by atoms with Gasteiger partial charge in [0.2, 0.25) is 10.0 Å². The zero-order chi connectivity index (χ0) is 26.9. The third kappa shape index (κ3) is 5.11. The molecule has 0 spiro atoms. The molecule has 196 valence electrons. The Morgan fingerprint density at radius 2 is 1.89 bits per heavy atom. The predicted octanol–water partition coefficient (Wildman–Crippen LogP) is 3.89. The molecule has 10 nitrogen and oxygen atoms in total. The quantitative estimate of drug-likeness (QED) is 0.228. The van der Waals surface area contributed by atoms with Crippen molar-refractivity contribution in [1.82, 2.24) is 29.2 Å². The van der Waals surface area contributed by atoms with Crippen molar-refractivity contribution in [2.24, 2.45) is 0 Å². The highest BCUT2D eigenvalue weighted by Crippen LogP contribution is 2.28. The van der Waals surface area contributed by atoms with Gasteiger partial charge in [0.25, 0.3) is 5.56 Å². The molecular weight excluding hydrogens is 502 g/mol. The monoisotopic (exact) mass is 531 g/mol. The fraction of sp³-hybridized carbons (Fsp3) is 0.222. The van der Waals surface area contributed by atoms with Crippen LogP contribution in [0.2, 0.25) is 0 Å². The highest BCUT2D eigenvalue weighted by molar-refractivity contribution is 7.90. The molecule has 3 aromatic heterocycles. The van der Waals surface area contributed by atoms with Gasteiger partial charge in [-0.05, 0) is 50.1 Å². The molecule has 11 heteroatoms. The van der Waals surface area contributed by atoms with E-state index < -0.39 is 21.3 Å². The molecule has 0 amide bonds. The van der Waals surface area contributed by atoms with Crippen molar-refractivity contribution in [2.45, 2.75) is 32.1 Å². The summed E-state index contributed by atoms with van der Waals surface area (Å²) in [6, 6.07) is 14.5. The minimum atomic E-state index is -3.55. The number of benzene rings is 2. The van der Waals surface area contributed by atoms with Crippen LogP contribution in [-0.4, -0.2) is 44.7 Å². The highest BCUT2D eigenvalue weighted by Gasteiger charge is 2.23. The van der Waals surface area contributed by atoms with Crippen molar-refractivity contribution in [3.63, 3.8) is 0 Å². The first-order chi connectivity index (χ1) is 18.2. The molecule has 0 saturated heterocycles. The molecule has 38 heavy (non-hydrogen) atoms. The van der Waals surface area contributed by atoms with Crippen LogP contribution in [-0.2, 0) is 10.0 Å². The molecular formula is C27H29N7O3S. The van der Waals surface area contributed by atoms with Crippen molar-refractivity contribution in [3.05, 3.63) is 94.9 Å². The Hall–Kier alpha value is -4.22. The molecule has 1 atom stereocenters. The van der Waals surface area contributed by atoms with E-state index in [1.54, 1.807) is 38.6 Å².